The summed E-state index contributed by atoms with van der Waals surface area (Å²) >= 11 is 4.96. The van der Waals surface area contributed by atoms with Gasteiger partial charge in [0.2, 0.25) is 0 Å². The molecule has 1 unspecified atom stereocenters. The minimum Gasteiger partial charge on any atom is -0.398 e. The number of aliphatic hydroxyl groups is 1. The van der Waals surface area contributed by atoms with E-state index in [-0.39, 0.29) is 0 Å². The van der Waals surface area contributed by atoms with Crippen LogP contribution in [0.1, 0.15) is 22.4 Å². The van der Waals surface area contributed by atoms with Gasteiger partial charge in [-0.25, -0.2) is 4.98 Å². The van der Waals surface area contributed by atoms with E-state index in [0.717, 1.165) is 20.7 Å². The molecule has 0 aliphatic heterocycles. The smallest absolute Gasteiger partial charge is 0.0897 e. The number of hydrogen-bond donors (Lipinski definition) is 2. The summed E-state index contributed by atoms with van der Waals surface area (Å²) in [5, 5.41) is 13.1. The molecule has 1 atom stereocenters. The van der Waals surface area contributed by atoms with Gasteiger partial charge in [0.05, 0.1) is 16.8 Å². The van der Waals surface area contributed by atoms with E-state index in [1.165, 1.54) is 0 Å². The number of aromatic nitrogens is 1. The van der Waals surface area contributed by atoms with Gasteiger partial charge in [-0.1, -0.05) is 15.9 Å². The van der Waals surface area contributed by atoms with E-state index in [0.29, 0.717) is 12.1 Å². The van der Waals surface area contributed by atoms with Gasteiger partial charge in [0, 0.05) is 27.5 Å². The average molecular weight is 313 g/mol. The maximum atomic E-state index is 10.2. The Labute approximate surface area is 112 Å². The standard InChI is InChI=1S/C12H13BrN2OS/c1-7-15-9(6-17-7)5-12(16)10-4-8(13)2-3-11(10)14/h2-4,6,12,16H,5,14H2,1H3. The quantitative estimate of drug-likeness (QED) is 0.856. The molecule has 0 saturated heterocycles. The van der Waals surface area contributed by atoms with E-state index in [9.17, 15) is 5.11 Å². The Bertz CT molecular complexity index is 527. The predicted molar refractivity (Wildman–Crippen MR) is 74.1 cm³/mol. The zero-order valence-electron chi connectivity index (χ0n) is 9.35. The van der Waals surface area contributed by atoms with Crippen molar-refractivity contribution in [2.45, 2.75) is 19.4 Å². The molecule has 3 N–H and O–H groups in total. The first kappa shape index (κ1) is 12.5. The van der Waals surface area contributed by atoms with E-state index in [1.807, 2.05) is 24.4 Å². The van der Waals surface area contributed by atoms with Gasteiger partial charge in [0.1, 0.15) is 0 Å². The molecule has 2 rings (SSSR count). The second-order valence-electron chi connectivity index (χ2n) is 3.85. The number of aryl methyl sites for hydroxylation is 1. The molecule has 0 amide bonds. The molecule has 0 fully saturated rings. The van der Waals surface area contributed by atoms with Crippen LogP contribution >= 0.6 is 27.3 Å². The Hall–Kier alpha value is -0.910. The number of rotatable bonds is 3. The lowest BCUT2D eigenvalue weighted by molar-refractivity contribution is 0.178. The number of thiazole rings is 1. The number of nitrogen functional groups attached to an aromatic ring is 1. The van der Waals surface area contributed by atoms with Crippen molar-refractivity contribution in [2.75, 3.05) is 5.73 Å². The van der Waals surface area contributed by atoms with Crippen molar-refractivity contribution in [3.8, 4) is 0 Å². The van der Waals surface area contributed by atoms with E-state index < -0.39 is 6.10 Å². The zero-order valence-corrected chi connectivity index (χ0v) is 11.8. The van der Waals surface area contributed by atoms with Crippen LogP contribution in [0.2, 0.25) is 0 Å². The largest absolute Gasteiger partial charge is 0.398 e. The molecule has 17 heavy (non-hydrogen) atoms. The Morgan fingerprint density at radius 1 is 1.53 bits per heavy atom. The van der Waals surface area contributed by atoms with Gasteiger partial charge in [0.15, 0.2) is 0 Å². The maximum absolute atomic E-state index is 10.2. The normalized spacial score (nSPS) is 12.6. The minimum atomic E-state index is -0.617. The van der Waals surface area contributed by atoms with Crippen LogP contribution in [0.3, 0.4) is 0 Å². The highest BCUT2D eigenvalue weighted by molar-refractivity contribution is 9.10. The number of hydrogen-bond acceptors (Lipinski definition) is 4. The van der Waals surface area contributed by atoms with Gasteiger partial charge in [-0.05, 0) is 25.1 Å². The third-order valence-electron chi connectivity index (χ3n) is 2.48. The van der Waals surface area contributed by atoms with Crippen LogP contribution < -0.4 is 5.73 Å². The van der Waals surface area contributed by atoms with Crippen LogP contribution in [-0.2, 0) is 6.42 Å². The second-order valence-corrected chi connectivity index (χ2v) is 5.83. The van der Waals surface area contributed by atoms with Crippen LogP contribution in [0, 0.1) is 6.92 Å². The SMILES string of the molecule is Cc1nc(CC(O)c2cc(Br)ccc2N)cs1. The summed E-state index contributed by atoms with van der Waals surface area (Å²) in [5.41, 5.74) is 8.10. The molecule has 0 aliphatic rings. The molecule has 0 aliphatic carbocycles. The second kappa shape index (κ2) is 5.16. The summed E-state index contributed by atoms with van der Waals surface area (Å²) in [7, 11) is 0. The van der Waals surface area contributed by atoms with Gasteiger partial charge < -0.3 is 10.8 Å². The highest BCUT2D eigenvalue weighted by Crippen LogP contribution is 2.27. The molecular formula is C12H13BrN2OS. The number of nitrogens with zero attached hydrogens (tertiary/aromatic N) is 1. The number of benzene rings is 1. The Balaban J connectivity index is 2.19. The number of aliphatic hydroxyl groups excluding tert-OH is 1. The van der Waals surface area contributed by atoms with Crippen molar-refractivity contribution in [3.63, 3.8) is 0 Å². The Morgan fingerprint density at radius 3 is 2.94 bits per heavy atom. The van der Waals surface area contributed by atoms with E-state index in [2.05, 4.69) is 20.9 Å². The summed E-state index contributed by atoms with van der Waals surface area (Å²) < 4.78 is 0.912. The van der Waals surface area contributed by atoms with Crippen molar-refractivity contribution in [3.05, 3.63) is 44.3 Å². The van der Waals surface area contributed by atoms with Crippen molar-refractivity contribution in [1.82, 2.24) is 4.98 Å². The first-order valence-corrected chi connectivity index (χ1v) is 6.87. The summed E-state index contributed by atoms with van der Waals surface area (Å²) in [6, 6.07) is 5.49. The molecule has 1 aromatic carbocycles. The van der Waals surface area contributed by atoms with E-state index in [4.69, 9.17) is 5.73 Å². The van der Waals surface area contributed by atoms with Crippen LogP contribution in [0.4, 0.5) is 5.69 Å². The van der Waals surface area contributed by atoms with Gasteiger partial charge in [-0.15, -0.1) is 11.3 Å². The molecule has 90 valence electrons. The molecule has 0 bridgehead atoms. The van der Waals surface area contributed by atoms with Crippen molar-refractivity contribution in [2.24, 2.45) is 0 Å². The molecule has 0 radical (unpaired) electrons. The first-order valence-electron chi connectivity index (χ1n) is 5.20. The predicted octanol–water partition coefficient (Wildman–Crippen LogP) is 3.07. The maximum Gasteiger partial charge on any atom is 0.0897 e. The van der Waals surface area contributed by atoms with Crippen molar-refractivity contribution in [1.29, 1.82) is 0 Å². The Morgan fingerprint density at radius 2 is 2.29 bits per heavy atom. The lowest BCUT2D eigenvalue weighted by atomic mass is 10.0. The van der Waals surface area contributed by atoms with Crippen molar-refractivity contribution < 1.29 is 5.11 Å². The fourth-order valence-corrected chi connectivity index (χ4v) is 2.65. The lowest BCUT2D eigenvalue weighted by Crippen LogP contribution is -2.05. The third kappa shape index (κ3) is 3.06. The van der Waals surface area contributed by atoms with Crippen LogP contribution in [0.15, 0.2) is 28.1 Å². The number of nitrogens with two attached hydrogens (primary N) is 1. The fraction of sp³-hybridized carbons (Fsp3) is 0.250. The highest BCUT2D eigenvalue weighted by Gasteiger charge is 2.13. The summed E-state index contributed by atoms with van der Waals surface area (Å²) in [5.74, 6) is 0. The van der Waals surface area contributed by atoms with Gasteiger partial charge in [-0.2, -0.15) is 0 Å². The summed E-state index contributed by atoms with van der Waals surface area (Å²) in [4.78, 5) is 4.33. The van der Waals surface area contributed by atoms with Crippen LogP contribution in [0.5, 0.6) is 0 Å². The molecule has 0 spiro atoms. The fourth-order valence-electron chi connectivity index (χ4n) is 1.64. The lowest BCUT2D eigenvalue weighted by Gasteiger charge is -2.12. The topological polar surface area (TPSA) is 59.1 Å². The monoisotopic (exact) mass is 312 g/mol. The number of halogens is 1. The molecular weight excluding hydrogens is 300 g/mol. The van der Waals surface area contributed by atoms with Gasteiger partial charge >= 0.3 is 0 Å². The van der Waals surface area contributed by atoms with Crippen molar-refractivity contribution >= 4 is 33.0 Å². The third-order valence-corrected chi connectivity index (χ3v) is 3.79. The van der Waals surface area contributed by atoms with Crippen LogP contribution in [0.25, 0.3) is 0 Å². The van der Waals surface area contributed by atoms with Gasteiger partial charge in [0.25, 0.3) is 0 Å². The number of anilines is 1. The molecule has 1 heterocycles. The first-order chi connectivity index (χ1) is 8.06. The molecule has 2 aromatic rings. The van der Waals surface area contributed by atoms with Crippen LogP contribution in [-0.4, -0.2) is 10.1 Å². The van der Waals surface area contributed by atoms with E-state index in [1.54, 1.807) is 17.4 Å². The molecule has 0 saturated carbocycles. The highest BCUT2D eigenvalue weighted by atomic mass is 79.9. The summed E-state index contributed by atoms with van der Waals surface area (Å²) in [6.07, 6.45) is -0.126. The van der Waals surface area contributed by atoms with E-state index >= 15 is 0 Å². The average Bonchev–Trinajstić information content (AvgIpc) is 2.67. The minimum absolute atomic E-state index is 0.491. The molecule has 5 heteroatoms. The summed E-state index contributed by atoms with van der Waals surface area (Å²) in [6.45, 7) is 1.95. The Kier molecular flexibility index (Phi) is 3.81. The molecule has 3 nitrogen and oxygen atoms in total. The van der Waals surface area contributed by atoms with Gasteiger partial charge in [-0.3, -0.25) is 0 Å². The zero-order chi connectivity index (χ0) is 12.4. The molecule has 1 aromatic heterocycles.